The van der Waals surface area contributed by atoms with Crippen molar-refractivity contribution in [3.63, 3.8) is 0 Å². The van der Waals surface area contributed by atoms with Crippen LogP contribution in [-0.4, -0.2) is 41.4 Å². The molecule has 1 aromatic carbocycles. The van der Waals surface area contributed by atoms with Crippen LogP contribution in [0.4, 0.5) is 0 Å². The molecule has 132 valence electrons. The first-order chi connectivity index (χ1) is 11.2. The van der Waals surface area contributed by atoms with E-state index in [1.807, 2.05) is 11.7 Å². The summed E-state index contributed by atoms with van der Waals surface area (Å²) >= 11 is 3.48. The smallest absolute Gasteiger partial charge is 0.0646 e. The molecular weight excluding hydrogens is 388 g/mol. The Bertz CT molecular complexity index is 639. The molecule has 1 unspecified atom stereocenters. The monoisotopic (exact) mass is 412 g/mol. The number of benzene rings is 1. The number of likely N-dealkylation sites (tertiary alicyclic amines) is 1. The Kier molecular flexibility index (Phi) is 7.29. The molecule has 0 aliphatic carbocycles. The minimum Gasteiger partial charge on any atom is -0.319 e. The third-order valence-electron chi connectivity index (χ3n) is 4.58. The predicted octanol–water partition coefficient (Wildman–Crippen LogP) is 3.80. The lowest BCUT2D eigenvalue weighted by atomic mass is 9.97. The standard InChI is InChI=1S/C18H25BrN4.ClH/c1-14-16(12-22-9-3-4-15(11-22)10-20-2)13-23(21-14)18-7-5-17(19)6-8-18;/h5-8,13,15,20H,3-4,9-12H2,1-2H3;1H. The van der Waals surface area contributed by atoms with Crippen LogP contribution in [0.15, 0.2) is 34.9 Å². The van der Waals surface area contributed by atoms with E-state index in [1.54, 1.807) is 0 Å². The van der Waals surface area contributed by atoms with E-state index in [0.717, 1.165) is 34.9 Å². The summed E-state index contributed by atoms with van der Waals surface area (Å²) in [5, 5.41) is 8.01. The fourth-order valence-electron chi connectivity index (χ4n) is 3.37. The zero-order chi connectivity index (χ0) is 16.2. The molecule has 3 rings (SSSR count). The van der Waals surface area contributed by atoms with Gasteiger partial charge in [-0.25, -0.2) is 4.68 Å². The van der Waals surface area contributed by atoms with Crippen LogP contribution in [0.5, 0.6) is 0 Å². The second-order valence-electron chi connectivity index (χ2n) is 6.46. The summed E-state index contributed by atoms with van der Waals surface area (Å²) in [5.74, 6) is 0.774. The number of nitrogens with one attached hydrogen (secondary N) is 1. The van der Waals surface area contributed by atoms with Crippen molar-refractivity contribution in [3.05, 3.63) is 46.2 Å². The number of hydrogen-bond donors (Lipinski definition) is 1. The number of hydrogen-bond acceptors (Lipinski definition) is 3. The molecule has 2 heterocycles. The second-order valence-corrected chi connectivity index (χ2v) is 7.38. The molecule has 1 atom stereocenters. The molecule has 0 bridgehead atoms. The third kappa shape index (κ3) is 4.82. The lowest BCUT2D eigenvalue weighted by Crippen LogP contribution is -2.38. The lowest BCUT2D eigenvalue weighted by molar-refractivity contribution is 0.166. The highest BCUT2D eigenvalue weighted by Crippen LogP contribution is 2.20. The number of nitrogens with zero attached hydrogens (tertiary/aromatic N) is 3. The SMILES string of the molecule is CNCC1CCCN(Cc2cn(-c3ccc(Br)cc3)nc2C)C1.Cl. The van der Waals surface area contributed by atoms with Crippen LogP contribution in [-0.2, 0) is 6.54 Å². The summed E-state index contributed by atoms with van der Waals surface area (Å²) in [6.45, 7) is 6.61. The van der Waals surface area contributed by atoms with Gasteiger partial charge < -0.3 is 5.32 Å². The Balaban J connectivity index is 0.00000208. The van der Waals surface area contributed by atoms with Gasteiger partial charge in [-0.2, -0.15) is 5.10 Å². The van der Waals surface area contributed by atoms with E-state index >= 15 is 0 Å². The molecular formula is C18H26BrClN4. The van der Waals surface area contributed by atoms with Crippen molar-refractivity contribution in [2.75, 3.05) is 26.7 Å². The van der Waals surface area contributed by atoms with Gasteiger partial charge in [0.05, 0.1) is 11.4 Å². The second kappa shape index (κ2) is 8.99. The van der Waals surface area contributed by atoms with E-state index in [1.165, 1.54) is 31.5 Å². The lowest BCUT2D eigenvalue weighted by Gasteiger charge is -2.32. The van der Waals surface area contributed by atoms with Crippen LogP contribution in [0, 0.1) is 12.8 Å². The van der Waals surface area contributed by atoms with Gasteiger partial charge in [-0.15, -0.1) is 12.4 Å². The maximum Gasteiger partial charge on any atom is 0.0646 e. The Hall–Kier alpha value is -0.880. The average Bonchev–Trinajstić information content (AvgIpc) is 2.90. The van der Waals surface area contributed by atoms with Gasteiger partial charge in [0, 0.05) is 29.3 Å². The van der Waals surface area contributed by atoms with Gasteiger partial charge in [0.15, 0.2) is 0 Å². The van der Waals surface area contributed by atoms with E-state index in [4.69, 9.17) is 5.10 Å². The van der Waals surface area contributed by atoms with Gasteiger partial charge in [0.25, 0.3) is 0 Å². The molecule has 0 spiro atoms. The fraction of sp³-hybridized carbons (Fsp3) is 0.500. The zero-order valence-corrected chi connectivity index (χ0v) is 16.7. The maximum atomic E-state index is 4.69. The van der Waals surface area contributed by atoms with E-state index in [2.05, 4.69) is 63.5 Å². The van der Waals surface area contributed by atoms with E-state index in [9.17, 15) is 0 Å². The number of aromatic nitrogens is 2. The molecule has 0 amide bonds. The molecule has 0 saturated carbocycles. The first kappa shape index (κ1) is 19.4. The van der Waals surface area contributed by atoms with Crippen molar-refractivity contribution in [1.29, 1.82) is 0 Å². The minimum atomic E-state index is 0. The largest absolute Gasteiger partial charge is 0.319 e. The van der Waals surface area contributed by atoms with Crippen LogP contribution in [0.1, 0.15) is 24.1 Å². The van der Waals surface area contributed by atoms with Crippen LogP contribution in [0.25, 0.3) is 5.69 Å². The first-order valence-electron chi connectivity index (χ1n) is 8.33. The van der Waals surface area contributed by atoms with Gasteiger partial charge in [0.1, 0.15) is 0 Å². The Morgan fingerprint density at radius 3 is 2.75 bits per heavy atom. The van der Waals surface area contributed by atoms with Gasteiger partial charge in [-0.05, 0) is 70.1 Å². The fourth-order valence-corrected chi connectivity index (χ4v) is 3.63. The molecule has 1 aliphatic rings. The molecule has 1 saturated heterocycles. The Morgan fingerprint density at radius 1 is 1.29 bits per heavy atom. The number of aryl methyl sites for hydroxylation is 1. The van der Waals surface area contributed by atoms with Crippen molar-refractivity contribution < 1.29 is 0 Å². The number of piperidine rings is 1. The van der Waals surface area contributed by atoms with E-state index in [-0.39, 0.29) is 12.4 Å². The normalized spacial score (nSPS) is 18.4. The van der Waals surface area contributed by atoms with Crippen LogP contribution >= 0.6 is 28.3 Å². The molecule has 24 heavy (non-hydrogen) atoms. The zero-order valence-electron chi connectivity index (χ0n) is 14.3. The average molecular weight is 414 g/mol. The van der Waals surface area contributed by atoms with Crippen molar-refractivity contribution in [2.45, 2.75) is 26.3 Å². The molecule has 1 aliphatic heterocycles. The quantitative estimate of drug-likeness (QED) is 0.809. The third-order valence-corrected chi connectivity index (χ3v) is 5.11. The number of rotatable bonds is 5. The van der Waals surface area contributed by atoms with E-state index in [0.29, 0.717) is 0 Å². The van der Waals surface area contributed by atoms with E-state index < -0.39 is 0 Å². The van der Waals surface area contributed by atoms with Crippen molar-refractivity contribution in [3.8, 4) is 5.69 Å². The van der Waals surface area contributed by atoms with Gasteiger partial charge in [-0.1, -0.05) is 15.9 Å². The highest BCUT2D eigenvalue weighted by molar-refractivity contribution is 9.10. The van der Waals surface area contributed by atoms with Crippen LogP contribution in [0.2, 0.25) is 0 Å². The highest BCUT2D eigenvalue weighted by Gasteiger charge is 2.20. The predicted molar refractivity (Wildman–Crippen MR) is 105 cm³/mol. The van der Waals surface area contributed by atoms with Crippen molar-refractivity contribution in [2.24, 2.45) is 5.92 Å². The Morgan fingerprint density at radius 2 is 2.04 bits per heavy atom. The van der Waals surface area contributed by atoms with Gasteiger partial charge in [0.2, 0.25) is 0 Å². The maximum absolute atomic E-state index is 4.69. The topological polar surface area (TPSA) is 33.1 Å². The molecule has 4 nitrogen and oxygen atoms in total. The Labute approximate surface area is 159 Å². The summed E-state index contributed by atoms with van der Waals surface area (Å²) in [4.78, 5) is 2.57. The first-order valence-corrected chi connectivity index (χ1v) is 9.13. The van der Waals surface area contributed by atoms with Gasteiger partial charge >= 0.3 is 0 Å². The molecule has 1 fully saturated rings. The molecule has 2 aromatic rings. The number of halogens is 2. The van der Waals surface area contributed by atoms with Crippen LogP contribution < -0.4 is 5.32 Å². The molecule has 1 N–H and O–H groups in total. The highest BCUT2D eigenvalue weighted by atomic mass is 79.9. The minimum absolute atomic E-state index is 0. The summed E-state index contributed by atoms with van der Waals surface area (Å²) in [6, 6.07) is 8.28. The summed E-state index contributed by atoms with van der Waals surface area (Å²) in [6.07, 6.45) is 4.82. The van der Waals surface area contributed by atoms with Crippen LogP contribution in [0.3, 0.4) is 0 Å². The summed E-state index contributed by atoms with van der Waals surface area (Å²) in [7, 11) is 2.05. The molecule has 0 radical (unpaired) electrons. The van der Waals surface area contributed by atoms with Gasteiger partial charge in [-0.3, -0.25) is 4.90 Å². The summed E-state index contributed by atoms with van der Waals surface area (Å²) < 4.78 is 3.08. The van der Waals surface area contributed by atoms with Crippen molar-refractivity contribution in [1.82, 2.24) is 20.0 Å². The molecule has 1 aromatic heterocycles. The molecule has 6 heteroatoms. The summed E-state index contributed by atoms with van der Waals surface area (Å²) in [5.41, 5.74) is 3.57. The van der Waals surface area contributed by atoms with Crippen molar-refractivity contribution >= 4 is 28.3 Å².